The molecule has 1 aliphatic heterocycles. The summed E-state index contributed by atoms with van der Waals surface area (Å²) >= 11 is 0. The molecule has 1 heterocycles. The summed E-state index contributed by atoms with van der Waals surface area (Å²) in [5, 5.41) is 0. The van der Waals surface area contributed by atoms with Crippen LogP contribution in [0.15, 0.2) is 18.2 Å². The molecular formula is C16H24N2O3. The van der Waals surface area contributed by atoms with Crippen LogP contribution in [-0.2, 0) is 22.6 Å². The highest BCUT2D eigenvalue weighted by Gasteiger charge is 2.25. The summed E-state index contributed by atoms with van der Waals surface area (Å²) in [5.74, 6) is 0.823. The van der Waals surface area contributed by atoms with Gasteiger partial charge < -0.3 is 15.2 Å². The van der Waals surface area contributed by atoms with Gasteiger partial charge in [0.1, 0.15) is 5.75 Å². The highest BCUT2D eigenvalue weighted by Crippen LogP contribution is 2.23. The molecule has 0 radical (unpaired) electrons. The van der Waals surface area contributed by atoms with Gasteiger partial charge in [0.05, 0.1) is 20.1 Å². The Kier molecular flexibility index (Phi) is 5.59. The van der Waals surface area contributed by atoms with Gasteiger partial charge in [-0.15, -0.1) is 0 Å². The standard InChI is InChI=1S/C16H24N2O3/c1-20-15-9-12(3-4-14(15)10-17)11-18-7-5-13(6-8-18)16(19)21-2/h3-4,9,13H,5-8,10-11,17H2,1-2H3. The van der Waals surface area contributed by atoms with Crippen molar-refractivity contribution in [1.82, 2.24) is 4.90 Å². The Morgan fingerprint density at radius 2 is 2.05 bits per heavy atom. The first kappa shape index (κ1) is 15.8. The Bertz CT molecular complexity index is 482. The zero-order valence-corrected chi connectivity index (χ0v) is 12.8. The molecule has 5 heteroatoms. The van der Waals surface area contributed by atoms with Crippen LogP contribution in [0.25, 0.3) is 0 Å². The zero-order chi connectivity index (χ0) is 15.2. The van der Waals surface area contributed by atoms with Crippen LogP contribution in [-0.4, -0.2) is 38.2 Å². The molecule has 1 saturated heterocycles. The number of hydrogen-bond donors (Lipinski definition) is 1. The summed E-state index contributed by atoms with van der Waals surface area (Å²) < 4.78 is 10.2. The smallest absolute Gasteiger partial charge is 0.308 e. The number of hydrogen-bond acceptors (Lipinski definition) is 5. The lowest BCUT2D eigenvalue weighted by Gasteiger charge is -2.30. The van der Waals surface area contributed by atoms with Gasteiger partial charge in [-0.1, -0.05) is 12.1 Å². The fourth-order valence-corrected chi connectivity index (χ4v) is 2.81. The van der Waals surface area contributed by atoms with Crippen LogP contribution in [0.4, 0.5) is 0 Å². The van der Waals surface area contributed by atoms with Crippen molar-refractivity contribution in [2.24, 2.45) is 11.7 Å². The first-order chi connectivity index (χ1) is 10.2. The van der Waals surface area contributed by atoms with Crippen LogP contribution < -0.4 is 10.5 Å². The molecule has 0 aliphatic carbocycles. The van der Waals surface area contributed by atoms with Crippen molar-refractivity contribution in [3.8, 4) is 5.75 Å². The van der Waals surface area contributed by atoms with Crippen molar-refractivity contribution in [2.45, 2.75) is 25.9 Å². The Morgan fingerprint density at radius 3 is 2.62 bits per heavy atom. The predicted octanol–water partition coefficient (Wildman–Crippen LogP) is 1.54. The molecule has 0 bridgehead atoms. The maximum absolute atomic E-state index is 11.5. The highest BCUT2D eigenvalue weighted by atomic mass is 16.5. The topological polar surface area (TPSA) is 64.8 Å². The van der Waals surface area contributed by atoms with E-state index in [0.717, 1.165) is 43.8 Å². The molecule has 0 saturated carbocycles. The van der Waals surface area contributed by atoms with E-state index in [0.29, 0.717) is 6.54 Å². The first-order valence-electron chi connectivity index (χ1n) is 7.34. The highest BCUT2D eigenvalue weighted by molar-refractivity contribution is 5.72. The van der Waals surface area contributed by atoms with E-state index in [4.69, 9.17) is 15.2 Å². The summed E-state index contributed by atoms with van der Waals surface area (Å²) in [5.41, 5.74) is 7.91. The third-order valence-electron chi connectivity index (χ3n) is 4.10. The molecular weight excluding hydrogens is 268 g/mol. The van der Waals surface area contributed by atoms with Gasteiger partial charge in [-0.25, -0.2) is 0 Å². The second-order valence-corrected chi connectivity index (χ2v) is 5.42. The molecule has 5 nitrogen and oxygen atoms in total. The largest absolute Gasteiger partial charge is 0.496 e. The number of piperidine rings is 1. The van der Waals surface area contributed by atoms with E-state index in [-0.39, 0.29) is 11.9 Å². The molecule has 0 spiro atoms. The molecule has 1 fully saturated rings. The van der Waals surface area contributed by atoms with Crippen LogP contribution in [0, 0.1) is 5.92 Å². The van der Waals surface area contributed by atoms with Gasteiger partial charge >= 0.3 is 5.97 Å². The van der Waals surface area contributed by atoms with E-state index < -0.39 is 0 Å². The number of carbonyl (C=O) groups excluding carboxylic acids is 1. The molecule has 0 aromatic heterocycles. The second-order valence-electron chi connectivity index (χ2n) is 5.42. The molecule has 2 rings (SSSR count). The monoisotopic (exact) mass is 292 g/mol. The van der Waals surface area contributed by atoms with Crippen molar-refractivity contribution in [2.75, 3.05) is 27.3 Å². The fraction of sp³-hybridized carbons (Fsp3) is 0.562. The van der Waals surface area contributed by atoms with Gasteiger partial charge in [0.15, 0.2) is 0 Å². The molecule has 2 N–H and O–H groups in total. The lowest BCUT2D eigenvalue weighted by molar-refractivity contribution is -0.147. The van der Waals surface area contributed by atoms with E-state index in [2.05, 4.69) is 17.0 Å². The molecule has 1 aliphatic rings. The predicted molar refractivity (Wildman–Crippen MR) is 80.9 cm³/mol. The Balaban J connectivity index is 1.93. The average molecular weight is 292 g/mol. The van der Waals surface area contributed by atoms with E-state index in [9.17, 15) is 4.79 Å². The molecule has 0 atom stereocenters. The minimum atomic E-state index is -0.0800. The number of carbonyl (C=O) groups is 1. The number of ether oxygens (including phenoxy) is 2. The summed E-state index contributed by atoms with van der Waals surface area (Å²) in [6, 6.07) is 6.17. The third kappa shape index (κ3) is 3.95. The molecule has 116 valence electrons. The fourth-order valence-electron chi connectivity index (χ4n) is 2.81. The number of methoxy groups -OCH3 is 2. The summed E-state index contributed by atoms with van der Waals surface area (Å²) in [6.45, 7) is 3.19. The summed E-state index contributed by atoms with van der Waals surface area (Å²) in [6.07, 6.45) is 1.73. The lowest BCUT2D eigenvalue weighted by Crippen LogP contribution is -2.36. The van der Waals surface area contributed by atoms with Crippen LogP contribution in [0.2, 0.25) is 0 Å². The van der Waals surface area contributed by atoms with Crippen LogP contribution in [0.3, 0.4) is 0 Å². The molecule has 1 aromatic carbocycles. The van der Waals surface area contributed by atoms with E-state index in [1.807, 2.05) is 6.07 Å². The minimum absolute atomic E-state index is 0.0559. The van der Waals surface area contributed by atoms with Gasteiger partial charge in [-0.3, -0.25) is 9.69 Å². The molecule has 1 aromatic rings. The van der Waals surface area contributed by atoms with E-state index >= 15 is 0 Å². The zero-order valence-electron chi connectivity index (χ0n) is 12.8. The Morgan fingerprint density at radius 1 is 1.33 bits per heavy atom. The normalized spacial score (nSPS) is 16.7. The molecule has 0 amide bonds. The van der Waals surface area contributed by atoms with Gasteiger partial charge in [0.2, 0.25) is 0 Å². The lowest BCUT2D eigenvalue weighted by atomic mass is 9.96. The number of rotatable bonds is 5. The second kappa shape index (κ2) is 7.43. The number of nitrogens with zero attached hydrogens (tertiary/aromatic N) is 1. The molecule has 0 unspecified atom stereocenters. The number of esters is 1. The van der Waals surface area contributed by atoms with Crippen molar-refractivity contribution >= 4 is 5.97 Å². The minimum Gasteiger partial charge on any atom is -0.496 e. The first-order valence-corrected chi connectivity index (χ1v) is 7.34. The Labute approximate surface area is 126 Å². The van der Waals surface area contributed by atoms with Gasteiger partial charge in [-0.05, 0) is 37.6 Å². The summed E-state index contributed by atoms with van der Waals surface area (Å²) in [7, 11) is 3.13. The summed E-state index contributed by atoms with van der Waals surface area (Å²) in [4.78, 5) is 13.9. The quantitative estimate of drug-likeness (QED) is 0.834. The van der Waals surface area contributed by atoms with Crippen LogP contribution in [0.5, 0.6) is 5.75 Å². The maximum atomic E-state index is 11.5. The third-order valence-corrected chi connectivity index (χ3v) is 4.10. The van der Waals surface area contributed by atoms with E-state index in [1.54, 1.807) is 7.11 Å². The maximum Gasteiger partial charge on any atom is 0.308 e. The van der Waals surface area contributed by atoms with Crippen molar-refractivity contribution < 1.29 is 14.3 Å². The van der Waals surface area contributed by atoms with Gasteiger partial charge in [0, 0.05) is 18.7 Å². The Hall–Kier alpha value is -1.59. The van der Waals surface area contributed by atoms with Gasteiger partial charge in [0.25, 0.3) is 0 Å². The van der Waals surface area contributed by atoms with E-state index in [1.165, 1.54) is 12.7 Å². The number of nitrogens with two attached hydrogens (primary N) is 1. The van der Waals surface area contributed by atoms with Crippen LogP contribution in [0.1, 0.15) is 24.0 Å². The van der Waals surface area contributed by atoms with Crippen molar-refractivity contribution in [3.05, 3.63) is 29.3 Å². The number of likely N-dealkylation sites (tertiary alicyclic amines) is 1. The van der Waals surface area contributed by atoms with Crippen LogP contribution >= 0.6 is 0 Å². The number of benzene rings is 1. The SMILES string of the molecule is COC(=O)C1CCN(Cc2ccc(CN)c(OC)c2)CC1. The van der Waals surface area contributed by atoms with Crippen molar-refractivity contribution in [3.63, 3.8) is 0 Å². The average Bonchev–Trinajstić information content (AvgIpc) is 2.54. The van der Waals surface area contributed by atoms with Crippen molar-refractivity contribution in [1.29, 1.82) is 0 Å². The van der Waals surface area contributed by atoms with Gasteiger partial charge in [-0.2, -0.15) is 0 Å². The molecule has 21 heavy (non-hydrogen) atoms.